The molecule has 3 aromatic rings. The quantitative estimate of drug-likeness (QED) is 0.264. The van der Waals surface area contributed by atoms with Gasteiger partial charge in [0.2, 0.25) is 0 Å². The standard InChI is InChI=1S/C24H27N5O5/c1-6-34-16-9-7-15(8-10-16)26-23(31)21(29-25-4)19(24(32)33-5)20-22(30)28-18-12-14(3)13(2)11-17(18)27-20/h7-12,19,25H,6H2,1-5H3,(H,26,31)(H,28,30)/b29-21-. The predicted molar refractivity (Wildman–Crippen MR) is 129 cm³/mol. The average molecular weight is 466 g/mol. The number of carbonyl (C=O) groups is 2. The van der Waals surface area contributed by atoms with Gasteiger partial charge in [-0.05, 0) is 68.3 Å². The van der Waals surface area contributed by atoms with Crippen LogP contribution < -0.4 is 21.0 Å². The second-order valence-corrected chi connectivity index (χ2v) is 7.49. The molecule has 0 saturated heterocycles. The van der Waals surface area contributed by atoms with Crippen LogP contribution in [0.5, 0.6) is 5.75 Å². The number of aromatic nitrogens is 2. The molecule has 0 aliphatic carbocycles. The van der Waals surface area contributed by atoms with E-state index in [2.05, 4.69) is 25.8 Å². The van der Waals surface area contributed by atoms with Crippen LogP contribution in [-0.2, 0) is 14.3 Å². The van der Waals surface area contributed by atoms with Crippen LogP contribution in [0, 0.1) is 13.8 Å². The second-order valence-electron chi connectivity index (χ2n) is 7.49. The molecule has 0 saturated carbocycles. The molecule has 0 bridgehead atoms. The van der Waals surface area contributed by atoms with Crippen LogP contribution in [0.25, 0.3) is 11.0 Å². The normalized spacial score (nSPS) is 12.2. The Morgan fingerprint density at radius 3 is 2.44 bits per heavy atom. The number of nitrogens with zero attached hydrogens (tertiary/aromatic N) is 2. The number of nitrogens with one attached hydrogen (secondary N) is 3. The zero-order chi connectivity index (χ0) is 24.8. The summed E-state index contributed by atoms with van der Waals surface area (Å²) in [6, 6.07) is 10.3. The molecule has 0 aliphatic heterocycles. The molecule has 2 aromatic carbocycles. The minimum atomic E-state index is -1.46. The van der Waals surface area contributed by atoms with Crippen LogP contribution in [0.4, 0.5) is 5.69 Å². The summed E-state index contributed by atoms with van der Waals surface area (Å²) in [5, 5.41) is 6.69. The number of anilines is 1. The van der Waals surface area contributed by atoms with Crippen LogP contribution in [0.2, 0.25) is 0 Å². The molecule has 0 aliphatic rings. The largest absolute Gasteiger partial charge is 0.494 e. The van der Waals surface area contributed by atoms with Crippen molar-refractivity contribution >= 4 is 34.3 Å². The number of amides is 1. The lowest BCUT2D eigenvalue weighted by atomic mass is 9.98. The minimum Gasteiger partial charge on any atom is -0.494 e. The van der Waals surface area contributed by atoms with E-state index < -0.39 is 23.4 Å². The number of ether oxygens (including phenoxy) is 2. The molecule has 3 rings (SSSR count). The Bertz CT molecular complexity index is 1300. The average Bonchev–Trinajstić information content (AvgIpc) is 2.81. The molecule has 0 radical (unpaired) electrons. The first-order valence-corrected chi connectivity index (χ1v) is 10.7. The molecular formula is C24H27N5O5. The number of carbonyl (C=O) groups excluding carboxylic acids is 2. The molecule has 34 heavy (non-hydrogen) atoms. The van der Waals surface area contributed by atoms with Gasteiger partial charge >= 0.3 is 5.97 Å². The van der Waals surface area contributed by atoms with Gasteiger partial charge in [-0.1, -0.05) is 0 Å². The van der Waals surface area contributed by atoms with E-state index in [1.54, 1.807) is 36.4 Å². The third-order valence-electron chi connectivity index (χ3n) is 5.21. The van der Waals surface area contributed by atoms with Gasteiger partial charge in [-0.2, -0.15) is 5.10 Å². The fourth-order valence-corrected chi connectivity index (χ4v) is 3.39. The summed E-state index contributed by atoms with van der Waals surface area (Å²) in [4.78, 5) is 46.0. The topological polar surface area (TPSA) is 135 Å². The summed E-state index contributed by atoms with van der Waals surface area (Å²) in [6.45, 7) is 6.21. The van der Waals surface area contributed by atoms with E-state index in [1.165, 1.54) is 14.2 Å². The van der Waals surface area contributed by atoms with Crippen molar-refractivity contribution < 1.29 is 19.1 Å². The zero-order valence-corrected chi connectivity index (χ0v) is 19.7. The van der Waals surface area contributed by atoms with Crippen LogP contribution in [0.3, 0.4) is 0 Å². The van der Waals surface area contributed by atoms with E-state index >= 15 is 0 Å². The molecule has 1 unspecified atom stereocenters. The first-order valence-electron chi connectivity index (χ1n) is 10.7. The number of fused-ring (bicyclic) bond motifs is 1. The van der Waals surface area contributed by atoms with Crippen molar-refractivity contribution in [2.24, 2.45) is 5.10 Å². The summed E-state index contributed by atoms with van der Waals surface area (Å²) >= 11 is 0. The smallest absolute Gasteiger partial charge is 0.321 e. The third kappa shape index (κ3) is 5.22. The van der Waals surface area contributed by atoms with Crippen LogP contribution in [-0.4, -0.2) is 48.3 Å². The van der Waals surface area contributed by atoms with Crippen molar-refractivity contribution in [2.75, 3.05) is 26.1 Å². The highest BCUT2D eigenvalue weighted by atomic mass is 16.5. The Hall–Kier alpha value is -4.21. The number of aromatic amines is 1. The number of methoxy groups -OCH3 is 1. The Balaban J connectivity index is 2.05. The first kappa shape index (κ1) is 24.4. The van der Waals surface area contributed by atoms with Gasteiger partial charge in [-0.15, -0.1) is 0 Å². The third-order valence-corrected chi connectivity index (χ3v) is 5.21. The number of hydrogen-bond donors (Lipinski definition) is 3. The fourth-order valence-electron chi connectivity index (χ4n) is 3.39. The van der Waals surface area contributed by atoms with Crippen molar-refractivity contribution in [3.05, 3.63) is 63.6 Å². The summed E-state index contributed by atoms with van der Waals surface area (Å²) in [5.74, 6) is -2.36. The van der Waals surface area contributed by atoms with Gasteiger partial charge in [-0.3, -0.25) is 14.4 Å². The Labute approximate surface area is 196 Å². The number of esters is 1. The van der Waals surface area contributed by atoms with Crippen molar-refractivity contribution in [3.63, 3.8) is 0 Å². The van der Waals surface area contributed by atoms with Crippen LogP contribution >= 0.6 is 0 Å². The molecule has 178 valence electrons. The highest BCUT2D eigenvalue weighted by molar-refractivity contribution is 6.47. The van der Waals surface area contributed by atoms with E-state index in [4.69, 9.17) is 9.47 Å². The highest BCUT2D eigenvalue weighted by Crippen LogP contribution is 2.21. The fraction of sp³-hybridized carbons (Fsp3) is 0.292. The minimum absolute atomic E-state index is 0.196. The van der Waals surface area contributed by atoms with E-state index in [9.17, 15) is 14.4 Å². The monoisotopic (exact) mass is 465 g/mol. The Morgan fingerprint density at radius 1 is 1.15 bits per heavy atom. The maximum absolute atomic E-state index is 13.2. The number of hydrogen-bond acceptors (Lipinski definition) is 8. The van der Waals surface area contributed by atoms with Gasteiger partial charge in [0.1, 0.15) is 17.2 Å². The van der Waals surface area contributed by atoms with Gasteiger partial charge < -0.3 is 25.2 Å². The van der Waals surface area contributed by atoms with E-state index in [0.29, 0.717) is 29.1 Å². The number of H-pyrrole nitrogens is 1. The van der Waals surface area contributed by atoms with E-state index in [0.717, 1.165) is 11.1 Å². The molecule has 1 amide bonds. The first-order chi connectivity index (χ1) is 16.3. The summed E-state index contributed by atoms with van der Waals surface area (Å²) < 4.78 is 10.3. The molecule has 0 fully saturated rings. The van der Waals surface area contributed by atoms with Gasteiger partial charge in [0, 0.05) is 12.7 Å². The Kier molecular flexibility index (Phi) is 7.62. The molecule has 10 heteroatoms. The lowest BCUT2D eigenvalue weighted by Gasteiger charge is -2.17. The summed E-state index contributed by atoms with van der Waals surface area (Å²) in [7, 11) is 2.64. The molecule has 10 nitrogen and oxygen atoms in total. The zero-order valence-electron chi connectivity index (χ0n) is 19.7. The molecule has 1 aromatic heterocycles. The second kappa shape index (κ2) is 10.6. The predicted octanol–water partition coefficient (Wildman–Crippen LogP) is 2.41. The molecule has 0 spiro atoms. The maximum atomic E-state index is 13.2. The summed E-state index contributed by atoms with van der Waals surface area (Å²) in [5.41, 5.74) is 4.82. The van der Waals surface area contributed by atoms with Gasteiger partial charge in [0.05, 0.1) is 24.8 Å². The van der Waals surface area contributed by atoms with Crippen LogP contribution in [0.1, 0.15) is 29.7 Å². The van der Waals surface area contributed by atoms with E-state index in [1.807, 2.05) is 20.8 Å². The van der Waals surface area contributed by atoms with Crippen molar-refractivity contribution in [1.29, 1.82) is 0 Å². The number of aryl methyl sites for hydroxylation is 2. The molecule has 3 N–H and O–H groups in total. The molecule has 1 heterocycles. The van der Waals surface area contributed by atoms with Crippen molar-refractivity contribution in [2.45, 2.75) is 26.7 Å². The van der Waals surface area contributed by atoms with E-state index in [-0.39, 0.29) is 11.4 Å². The van der Waals surface area contributed by atoms with Gasteiger partial charge in [0.25, 0.3) is 11.5 Å². The number of hydrazone groups is 1. The van der Waals surface area contributed by atoms with Gasteiger partial charge in [-0.25, -0.2) is 4.98 Å². The Morgan fingerprint density at radius 2 is 1.82 bits per heavy atom. The van der Waals surface area contributed by atoms with Crippen molar-refractivity contribution in [3.8, 4) is 5.75 Å². The lowest BCUT2D eigenvalue weighted by molar-refractivity contribution is -0.141. The lowest BCUT2D eigenvalue weighted by Crippen LogP contribution is -2.38. The molecule has 1 atom stereocenters. The maximum Gasteiger partial charge on any atom is 0.321 e. The van der Waals surface area contributed by atoms with Gasteiger partial charge in [0.15, 0.2) is 5.92 Å². The number of rotatable bonds is 8. The SMILES string of the molecule is CCOc1ccc(NC(=O)/C(=N\NC)C(C(=O)OC)c2nc3cc(C)c(C)cc3[nH]c2=O)cc1. The molecular weight excluding hydrogens is 438 g/mol. The van der Waals surface area contributed by atoms with Crippen LogP contribution in [0.15, 0.2) is 46.3 Å². The van der Waals surface area contributed by atoms with Crippen molar-refractivity contribution in [1.82, 2.24) is 15.4 Å². The number of benzene rings is 2. The summed E-state index contributed by atoms with van der Waals surface area (Å²) in [6.07, 6.45) is 0. The highest BCUT2D eigenvalue weighted by Gasteiger charge is 2.36.